The van der Waals surface area contributed by atoms with Crippen LogP contribution in [-0.2, 0) is 13.0 Å². The highest BCUT2D eigenvalue weighted by molar-refractivity contribution is 7.15. The molecule has 0 unspecified atom stereocenters. The van der Waals surface area contributed by atoms with Crippen molar-refractivity contribution in [1.29, 1.82) is 5.26 Å². The number of methoxy groups -OCH3 is 1. The normalized spacial score (nSPS) is 10.4. The van der Waals surface area contributed by atoms with Gasteiger partial charge in [-0.2, -0.15) is 5.26 Å². The number of carbonyl (C=O) groups is 1. The van der Waals surface area contributed by atoms with E-state index in [1.165, 1.54) is 11.3 Å². The maximum absolute atomic E-state index is 12.5. The lowest BCUT2D eigenvalue weighted by Crippen LogP contribution is -2.10. The molecule has 0 fully saturated rings. The molecule has 7 nitrogen and oxygen atoms in total. The number of nitrogens with zero attached hydrogens (tertiary/aromatic N) is 2. The lowest BCUT2D eigenvalue weighted by molar-refractivity contribution is 0.0992. The Morgan fingerprint density at radius 3 is 2.66 bits per heavy atom. The molecule has 0 aliphatic carbocycles. The number of amides is 1. The Labute approximate surface area is 188 Å². The third kappa shape index (κ3) is 5.14. The van der Waals surface area contributed by atoms with Crippen molar-refractivity contribution in [2.45, 2.75) is 13.0 Å². The second kappa shape index (κ2) is 9.81. The van der Waals surface area contributed by atoms with Crippen LogP contribution in [-0.4, -0.2) is 18.0 Å². The molecule has 1 N–H and O–H groups in total. The van der Waals surface area contributed by atoms with Gasteiger partial charge in [0.05, 0.1) is 18.7 Å². The number of rotatable bonds is 8. The maximum atomic E-state index is 12.5. The van der Waals surface area contributed by atoms with Gasteiger partial charge in [-0.3, -0.25) is 10.1 Å². The predicted molar refractivity (Wildman–Crippen MR) is 120 cm³/mol. The van der Waals surface area contributed by atoms with Gasteiger partial charge in [0.2, 0.25) is 0 Å². The minimum Gasteiger partial charge on any atom is -0.493 e. The van der Waals surface area contributed by atoms with Crippen LogP contribution in [0.4, 0.5) is 5.13 Å². The van der Waals surface area contributed by atoms with E-state index in [-0.39, 0.29) is 18.3 Å². The van der Waals surface area contributed by atoms with Crippen LogP contribution in [0.1, 0.15) is 32.3 Å². The summed E-state index contributed by atoms with van der Waals surface area (Å²) in [5.74, 6) is 1.52. The first-order chi connectivity index (χ1) is 15.6. The molecule has 160 valence electrons. The summed E-state index contributed by atoms with van der Waals surface area (Å²) in [6.07, 6.45) is 2.40. The third-order valence-corrected chi connectivity index (χ3v) is 5.47. The molecule has 0 spiro atoms. The Morgan fingerprint density at radius 1 is 1.12 bits per heavy atom. The Morgan fingerprint density at radius 2 is 1.91 bits per heavy atom. The third-order valence-electron chi connectivity index (χ3n) is 4.56. The summed E-state index contributed by atoms with van der Waals surface area (Å²) in [5, 5.41) is 12.1. The monoisotopic (exact) mass is 445 g/mol. The van der Waals surface area contributed by atoms with Crippen LogP contribution in [0, 0.1) is 11.3 Å². The Kier molecular flexibility index (Phi) is 6.49. The molecule has 0 aliphatic rings. The first-order valence-electron chi connectivity index (χ1n) is 9.74. The van der Waals surface area contributed by atoms with E-state index in [4.69, 9.17) is 19.2 Å². The van der Waals surface area contributed by atoms with Crippen molar-refractivity contribution in [2.24, 2.45) is 0 Å². The molecule has 8 heteroatoms. The van der Waals surface area contributed by atoms with Gasteiger partial charge in [0, 0.05) is 17.5 Å². The van der Waals surface area contributed by atoms with Crippen molar-refractivity contribution >= 4 is 22.4 Å². The molecule has 0 aliphatic heterocycles. The highest BCUT2D eigenvalue weighted by Crippen LogP contribution is 2.27. The van der Waals surface area contributed by atoms with Crippen LogP contribution < -0.4 is 14.8 Å². The van der Waals surface area contributed by atoms with Gasteiger partial charge in [-0.15, -0.1) is 11.3 Å². The molecule has 0 radical (unpaired) electrons. The van der Waals surface area contributed by atoms with Gasteiger partial charge in [0.25, 0.3) is 5.91 Å². The first-order valence-corrected chi connectivity index (χ1v) is 10.6. The highest BCUT2D eigenvalue weighted by atomic mass is 32.1. The number of carbonyl (C=O) groups excluding carboxylic acids is 1. The van der Waals surface area contributed by atoms with E-state index in [1.807, 2.05) is 24.3 Å². The minimum atomic E-state index is -0.382. The summed E-state index contributed by atoms with van der Waals surface area (Å²) >= 11 is 1.39. The van der Waals surface area contributed by atoms with Crippen molar-refractivity contribution < 1.29 is 18.7 Å². The fourth-order valence-electron chi connectivity index (χ4n) is 2.97. The van der Waals surface area contributed by atoms with Gasteiger partial charge in [-0.25, -0.2) is 4.98 Å². The summed E-state index contributed by atoms with van der Waals surface area (Å²) in [5.41, 5.74) is 1.69. The van der Waals surface area contributed by atoms with Crippen molar-refractivity contribution in [1.82, 2.24) is 4.98 Å². The number of ether oxygens (including phenoxy) is 2. The summed E-state index contributed by atoms with van der Waals surface area (Å²) < 4.78 is 16.6. The van der Waals surface area contributed by atoms with Crippen LogP contribution >= 0.6 is 11.3 Å². The number of anilines is 1. The molecular weight excluding hydrogens is 426 g/mol. The molecule has 2 aromatic carbocycles. The molecule has 1 amide bonds. The summed E-state index contributed by atoms with van der Waals surface area (Å²) in [4.78, 5) is 17.8. The van der Waals surface area contributed by atoms with Crippen molar-refractivity contribution in [3.63, 3.8) is 0 Å². The Hall–Kier alpha value is -4.09. The van der Waals surface area contributed by atoms with Gasteiger partial charge in [-0.1, -0.05) is 24.3 Å². The van der Waals surface area contributed by atoms with Crippen LogP contribution in [0.5, 0.6) is 11.5 Å². The van der Waals surface area contributed by atoms with Gasteiger partial charge < -0.3 is 13.9 Å². The zero-order valence-electron chi connectivity index (χ0n) is 17.2. The van der Waals surface area contributed by atoms with Crippen LogP contribution in [0.3, 0.4) is 0 Å². The standard InChI is InChI=1S/C24H19N3O4S/c1-29-20-4-2-3-5-21(20)30-15-18-10-11-22(31-18)23(28)27-24-26-14-19(32-24)12-16-6-8-17(13-25)9-7-16/h2-11,14H,12,15H2,1H3,(H,26,27,28). The zero-order chi connectivity index (χ0) is 22.3. The Balaban J connectivity index is 1.33. The topological polar surface area (TPSA) is 97.4 Å². The molecular formula is C24H19N3O4S. The number of benzene rings is 2. The smallest absolute Gasteiger partial charge is 0.293 e. The Bertz CT molecular complexity index is 1250. The fourth-order valence-corrected chi connectivity index (χ4v) is 3.81. The number of furan rings is 1. The molecule has 0 bridgehead atoms. The van der Waals surface area contributed by atoms with E-state index >= 15 is 0 Å². The lowest BCUT2D eigenvalue weighted by Gasteiger charge is -2.08. The van der Waals surface area contributed by atoms with E-state index in [9.17, 15) is 4.79 Å². The molecule has 32 heavy (non-hydrogen) atoms. The van der Waals surface area contributed by atoms with Crippen molar-refractivity contribution in [3.05, 3.63) is 94.4 Å². The number of nitriles is 1. The molecule has 4 aromatic rings. The van der Waals surface area contributed by atoms with E-state index in [0.717, 1.165) is 10.4 Å². The minimum absolute atomic E-state index is 0.166. The van der Waals surface area contributed by atoms with Crippen molar-refractivity contribution in [2.75, 3.05) is 12.4 Å². The predicted octanol–water partition coefficient (Wildman–Crippen LogP) is 5.04. The number of nitrogens with one attached hydrogen (secondary N) is 1. The summed E-state index contributed by atoms with van der Waals surface area (Å²) in [7, 11) is 1.58. The molecule has 2 aromatic heterocycles. The highest BCUT2D eigenvalue weighted by Gasteiger charge is 2.14. The number of thiazole rings is 1. The largest absolute Gasteiger partial charge is 0.493 e. The average Bonchev–Trinajstić information content (AvgIpc) is 3.48. The molecule has 0 saturated carbocycles. The van der Waals surface area contributed by atoms with Crippen LogP contribution in [0.25, 0.3) is 0 Å². The maximum Gasteiger partial charge on any atom is 0.293 e. The number of para-hydroxylation sites is 2. The average molecular weight is 446 g/mol. The van der Waals surface area contributed by atoms with Gasteiger partial charge in [0.1, 0.15) is 12.4 Å². The van der Waals surface area contributed by atoms with E-state index < -0.39 is 0 Å². The van der Waals surface area contributed by atoms with E-state index in [2.05, 4.69) is 16.4 Å². The van der Waals surface area contributed by atoms with Gasteiger partial charge in [0.15, 0.2) is 22.4 Å². The number of hydrogen-bond acceptors (Lipinski definition) is 7. The molecule has 0 atom stereocenters. The number of hydrogen-bond donors (Lipinski definition) is 1. The van der Waals surface area contributed by atoms with Crippen LogP contribution in [0.2, 0.25) is 0 Å². The molecule has 2 heterocycles. The van der Waals surface area contributed by atoms with Gasteiger partial charge in [-0.05, 0) is 42.0 Å². The van der Waals surface area contributed by atoms with Gasteiger partial charge >= 0.3 is 0 Å². The fraction of sp³-hybridized carbons (Fsp3) is 0.125. The van der Waals surface area contributed by atoms with Crippen molar-refractivity contribution in [3.8, 4) is 17.6 Å². The molecule has 0 saturated heterocycles. The summed E-state index contributed by atoms with van der Waals surface area (Å²) in [6, 6.07) is 20.1. The van der Waals surface area contributed by atoms with E-state index in [0.29, 0.717) is 34.4 Å². The SMILES string of the molecule is COc1ccccc1OCc1ccc(C(=O)Nc2ncc(Cc3ccc(C#N)cc3)s2)o1. The second-order valence-corrected chi connectivity index (χ2v) is 7.89. The quantitative estimate of drug-likeness (QED) is 0.408. The summed E-state index contributed by atoms with van der Waals surface area (Å²) in [6.45, 7) is 0.166. The molecule has 4 rings (SSSR count). The van der Waals surface area contributed by atoms with Crippen LogP contribution in [0.15, 0.2) is 71.3 Å². The number of aromatic nitrogens is 1. The zero-order valence-corrected chi connectivity index (χ0v) is 18.0. The van der Waals surface area contributed by atoms with E-state index in [1.54, 1.807) is 49.7 Å². The first kappa shape index (κ1) is 21.2. The lowest BCUT2D eigenvalue weighted by atomic mass is 10.1. The second-order valence-electron chi connectivity index (χ2n) is 6.78.